The van der Waals surface area contributed by atoms with Gasteiger partial charge in [0.25, 0.3) is 0 Å². The van der Waals surface area contributed by atoms with Crippen LogP contribution < -0.4 is 5.73 Å². The summed E-state index contributed by atoms with van der Waals surface area (Å²) in [5.74, 6) is 0. The predicted molar refractivity (Wildman–Crippen MR) is 70.6 cm³/mol. The molecule has 2 heteroatoms. The van der Waals surface area contributed by atoms with Crippen LogP contribution in [0.3, 0.4) is 0 Å². The van der Waals surface area contributed by atoms with Crippen molar-refractivity contribution in [2.75, 3.05) is 6.61 Å². The van der Waals surface area contributed by atoms with Crippen molar-refractivity contribution in [3.8, 4) is 11.1 Å². The highest BCUT2D eigenvalue weighted by molar-refractivity contribution is 5.63. The minimum atomic E-state index is -0.169. The standard InChI is InChI=1S/C15H17NO/c16-15(11-17)10-12-6-8-14(9-7-12)13-4-2-1-3-5-13/h1-9,15,17H,10-11,16H2/t15-/m1/s1. The second kappa shape index (κ2) is 5.62. The van der Waals surface area contributed by atoms with E-state index in [1.807, 2.05) is 18.2 Å². The Morgan fingerprint density at radius 2 is 1.47 bits per heavy atom. The van der Waals surface area contributed by atoms with Gasteiger partial charge in [-0.1, -0.05) is 54.6 Å². The molecule has 2 aromatic rings. The van der Waals surface area contributed by atoms with Crippen LogP contribution in [0.2, 0.25) is 0 Å². The Hall–Kier alpha value is -1.64. The Morgan fingerprint density at radius 3 is 2.06 bits per heavy atom. The van der Waals surface area contributed by atoms with Crippen molar-refractivity contribution in [2.45, 2.75) is 12.5 Å². The second-order valence-electron chi connectivity index (χ2n) is 4.21. The first-order chi connectivity index (χ1) is 8.29. The van der Waals surface area contributed by atoms with Gasteiger partial charge in [0.15, 0.2) is 0 Å². The molecular weight excluding hydrogens is 210 g/mol. The van der Waals surface area contributed by atoms with Crippen LogP contribution >= 0.6 is 0 Å². The molecule has 0 unspecified atom stereocenters. The van der Waals surface area contributed by atoms with Crippen LogP contribution in [0, 0.1) is 0 Å². The molecule has 17 heavy (non-hydrogen) atoms. The third-order valence-electron chi connectivity index (χ3n) is 2.79. The van der Waals surface area contributed by atoms with Crippen molar-refractivity contribution < 1.29 is 5.11 Å². The van der Waals surface area contributed by atoms with E-state index in [2.05, 4.69) is 36.4 Å². The van der Waals surface area contributed by atoms with Crippen molar-refractivity contribution in [3.63, 3.8) is 0 Å². The summed E-state index contributed by atoms with van der Waals surface area (Å²) in [6.45, 7) is 0.0282. The molecule has 0 fully saturated rings. The quantitative estimate of drug-likeness (QED) is 0.841. The molecular formula is C15H17NO. The Bertz CT molecular complexity index is 450. The number of benzene rings is 2. The van der Waals surface area contributed by atoms with Crippen molar-refractivity contribution in [2.24, 2.45) is 5.73 Å². The van der Waals surface area contributed by atoms with Crippen molar-refractivity contribution >= 4 is 0 Å². The van der Waals surface area contributed by atoms with Crippen LogP contribution in [0.15, 0.2) is 54.6 Å². The summed E-state index contributed by atoms with van der Waals surface area (Å²) in [4.78, 5) is 0. The van der Waals surface area contributed by atoms with Gasteiger partial charge in [0.1, 0.15) is 0 Å². The fraction of sp³-hybridized carbons (Fsp3) is 0.200. The maximum absolute atomic E-state index is 8.90. The molecule has 0 spiro atoms. The predicted octanol–water partition coefficient (Wildman–Crippen LogP) is 2.22. The number of aliphatic hydroxyl groups is 1. The Labute approximate surface area is 102 Å². The summed E-state index contributed by atoms with van der Waals surface area (Å²) in [6.07, 6.45) is 0.714. The van der Waals surface area contributed by atoms with E-state index in [4.69, 9.17) is 10.8 Å². The maximum Gasteiger partial charge on any atom is 0.0585 e. The molecule has 0 amide bonds. The van der Waals surface area contributed by atoms with Crippen LogP contribution in [-0.4, -0.2) is 17.8 Å². The molecule has 0 radical (unpaired) electrons. The average Bonchev–Trinajstić information content (AvgIpc) is 2.40. The molecule has 2 nitrogen and oxygen atoms in total. The van der Waals surface area contributed by atoms with E-state index in [-0.39, 0.29) is 12.6 Å². The Morgan fingerprint density at radius 1 is 0.882 bits per heavy atom. The molecule has 0 bridgehead atoms. The molecule has 2 rings (SSSR count). The zero-order chi connectivity index (χ0) is 12.1. The second-order valence-corrected chi connectivity index (χ2v) is 4.21. The number of hydrogen-bond acceptors (Lipinski definition) is 2. The minimum absolute atomic E-state index is 0.0282. The van der Waals surface area contributed by atoms with Gasteiger partial charge in [-0.25, -0.2) is 0 Å². The normalized spacial score (nSPS) is 12.4. The average molecular weight is 227 g/mol. The van der Waals surface area contributed by atoms with E-state index < -0.39 is 0 Å². The van der Waals surface area contributed by atoms with Gasteiger partial charge in [-0.15, -0.1) is 0 Å². The molecule has 0 heterocycles. The third kappa shape index (κ3) is 3.16. The van der Waals surface area contributed by atoms with Gasteiger partial charge < -0.3 is 10.8 Å². The van der Waals surface area contributed by atoms with Gasteiger partial charge >= 0.3 is 0 Å². The molecule has 0 aliphatic heterocycles. The smallest absolute Gasteiger partial charge is 0.0585 e. The van der Waals surface area contributed by atoms with E-state index >= 15 is 0 Å². The lowest BCUT2D eigenvalue weighted by atomic mass is 10.0. The minimum Gasteiger partial charge on any atom is -0.395 e. The molecule has 0 aliphatic rings. The van der Waals surface area contributed by atoms with E-state index in [0.29, 0.717) is 6.42 Å². The molecule has 0 saturated heterocycles. The van der Waals surface area contributed by atoms with Crippen LogP contribution in [0.1, 0.15) is 5.56 Å². The van der Waals surface area contributed by atoms with E-state index in [1.165, 1.54) is 11.1 Å². The number of rotatable bonds is 4. The monoisotopic (exact) mass is 227 g/mol. The largest absolute Gasteiger partial charge is 0.395 e. The number of nitrogens with two attached hydrogens (primary N) is 1. The fourth-order valence-corrected chi connectivity index (χ4v) is 1.83. The lowest BCUT2D eigenvalue weighted by Crippen LogP contribution is -2.26. The highest BCUT2D eigenvalue weighted by Gasteiger charge is 2.02. The summed E-state index contributed by atoms with van der Waals surface area (Å²) in [5.41, 5.74) is 9.28. The summed E-state index contributed by atoms with van der Waals surface area (Å²) < 4.78 is 0. The summed E-state index contributed by atoms with van der Waals surface area (Å²) in [7, 11) is 0. The van der Waals surface area contributed by atoms with Crippen LogP contribution in [0.25, 0.3) is 11.1 Å². The zero-order valence-corrected chi connectivity index (χ0v) is 9.71. The lowest BCUT2D eigenvalue weighted by molar-refractivity contribution is 0.265. The fourth-order valence-electron chi connectivity index (χ4n) is 1.83. The van der Waals surface area contributed by atoms with Crippen LogP contribution in [-0.2, 0) is 6.42 Å². The van der Waals surface area contributed by atoms with E-state index in [1.54, 1.807) is 0 Å². The van der Waals surface area contributed by atoms with E-state index in [9.17, 15) is 0 Å². The highest BCUT2D eigenvalue weighted by Crippen LogP contribution is 2.19. The van der Waals surface area contributed by atoms with Crippen molar-refractivity contribution in [1.29, 1.82) is 0 Å². The number of hydrogen-bond donors (Lipinski definition) is 2. The summed E-state index contributed by atoms with van der Waals surface area (Å²) in [6, 6.07) is 18.4. The van der Waals surface area contributed by atoms with Crippen molar-refractivity contribution in [3.05, 3.63) is 60.2 Å². The highest BCUT2D eigenvalue weighted by atomic mass is 16.3. The van der Waals surface area contributed by atoms with Crippen LogP contribution in [0.5, 0.6) is 0 Å². The van der Waals surface area contributed by atoms with Gasteiger partial charge in [-0.05, 0) is 23.1 Å². The molecule has 88 valence electrons. The third-order valence-corrected chi connectivity index (χ3v) is 2.79. The topological polar surface area (TPSA) is 46.2 Å². The molecule has 1 atom stereocenters. The molecule has 3 N–H and O–H groups in total. The maximum atomic E-state index is 8.90. The van der Waals surface area contributed by atoms with Gasteiger partial charge in [0.2, 0.25) is 0 Å². The number of aliphatic hydroxyl groups excluding tert-OH is 1. The first-order valence-electron chi connectivity index (χ1n) is 5.80. The SMILES string of the molecule is N[C@@H](CO)Cc1ccc(-c2ccccc2)cc1. The van der Waals surface area contributed by atoms with Crippen LogP contribution in [0.4, 0.5) is 0 Å². The molecule has 0 aromatic heterocycles. The molecule has 0 aliphatic carbocycles. The first-order valence-corrected chi connectivity index (χ1v) is 5.80. The zero-order valence-electron chi connectivity index (χ0n) is 9.71. The van der Waals surface area contributed by atoms with Gasteiger partial charge in [-0.2, -0.15) is 0 Å². The Balaban J connectivity index is 2.13. The Kier molecular flexibility index (Phi) is 3.91. The lowest BCUT2D eigenvalue weighted by Gasteiger charge is -2.08. The van der Waals surface area contributed by atoms with E-state index in [0.717, 1.165) is 5.56 Å². The van der Waals surface area contributed by atoms with Gasteiger partial charge in [0.05, 0.1) is 6.61 Å². The summed E-state index contributed by atoms with van der Waals surface area (Å²) >= 11 is 0. The molecule has 2 aromatic carbocycles. The van der Waals surface area contributed by atoms with Crippen molar-refractivity contribution in [1.82, 2.24) is 0 Å². The summed E-state index contributed by atoms with van der Waals surface area (Å²) in [5, 5.41) is 8.90. The first kappa shape index (κ1) is 11.8. The van der Waals surface area contributed by atoms with Gasteiger partial charge in [0, 0.05) is 6.04 Å². The molecule has 0 saturated carbocycles. The van der Waals surface area contributed by atoms with Gasteiger partial charge in [-0.3, -0.25) is 0 Å².